The molecule has 0 aromatic rings. The maximum absolute atomic E-state index is 12.2. The standard InChI is InChI=1S/C8H15F3O4S/c1-7(2,3)15-5-4-6(8(9,10)11)16(12,13)14/h6H,4-5H2,1-3H3,(H,12,13,14). The third-order valence-corrected chi connectivity index (χ3v) is 2.86. The van der Waals surface area contributed by atoms with Gasteiger partial charge in [0, 0.05) is 6.61 Å². The quantitative estimate of drug-likeness (QED) is 0.789. The molecule has 0 rings (SSSR count). The first kappa shape index (κ1) is 15.7. The molecule has 0 saturated heterocycles. The Bertz CT molecular complexity index is 315. The summed E-state index contributed by atoms with van der Waals surface area (Å²) >= 11 is 0. The first-order valence-corrected chi connectivity index (χ1v) is 6.01. The maximum Gasteiger partial charge on any atom is 0.407 e. The lowest BCUT2D eigenvalue weighted by molar-refractivity contribution is -0.137. The van der Waals surface area contributed by atoms with E-state index in [1.807, 2.05) is 0 Å². The van der Waals surface area contributed by atoms with Crippen molar-refractivity contribution in [2.75, 3.05) is 6.61 Å². The van der Waals surface area contributed by atoms with E-state index in [2.05, 4.69) is 0 Å². The fourth-order valence-corrected chi connectivity index (χ4v) is 1.69. The number of hydrogen-bond donors (Lipinski definition) is 1. The fraction of sp³-hybridized carbons (Fsp3) is 1.00. The predicted molar refractivity (Wildman–Crippen MR) is 51.7 cm³/mol. The van der Waals surface area contributed by atoms with Crippen molar-refractivity contribution in [2.45, 2.75) is 44.2 Å². The Labute approximate surface area is 92.5 Å². The van der Waals surface area contributed by atoms with Crippen LogP contribution < -0.4 is 0 Å². The number of alkyl halides is 3. The Morgan fingerprint density at radius 3 is 1.94 bits per heavy atom. The first-order chi connectivity index (χ1) is 6.84. The molecule has 0 aromatic carbocycles. The number of halogens is 3. The van der Waals surface area contributed by atoms with Gasteiger partial charge in [-0.05, 0) is 27.2 Å². The second kappa shape index (κ2) is 4.89. The molecule has 0 bridgehead atoms. The van der Waals surface area contributed by atoms with E-state index in [0.29, 0.717) is 0 Å². The van der Waals surface area contributed by atoms with Gasteiger partial charge in [0.1, 0.15) is 0 Å². The molecular formula is C8H15F3O4S. The molecule has 16 heavy (non-hydrogen) atoms. The van der Waals surface area contributed by atoms with Crippen molar-refractivity contribution in [3.63, 3.8) is 0 Å². The maximum atomic E-state index is 12.2. The summed E-state index contributed by atoms with van der Waals surface area (Å²) in [5.74, 6) is 0. The van der Waals surface area contributed by atoms with Crippen molar-refractivity contribution < 1.29 is 30.9 Å². The topological polar surface area (TPSA) is 63.6 Å². The van der Waals surface area contributed by atoms with Crippen LogP contribution in [0.1, 0.15) is 27.2 Å². The van der Waals surface area contributed by atoms with Gasteiger partial charge in [0.15, 0.2) is 5.25 Å². The van der Waals surface area contributed by atoms with E-state index in [9.17, 15) is 21.6 Å². The van der Waals surface area contributed by atoms with E-state index in [1.165, 1.54) is 0 Å². The average molecular weight is 264 g/mol. The Morgan fingerprint density at radius 2 is 1.69 bits per heavy atom. The molecule has 1 N–H and O–H groups in total. The van der Waals surface area contributed by atoms with E-state index >= 15 is 0 Å². The Morgan fingerprint density at radius 1 is 1.25 bits per heavy atom. The lowest BCUT2D eigenvalue weighted by Gasteiger charge is -2.22. The molecule has 0 amide bonds. The Kier molecular flexibility index (Phi) is 4.78. The van der Waals surface area contributed by atoms with E-state index in [-0.39, 0.29) is 0 Å². The molecule has 0 aromatic heterocycles. The van der Waals surface area contributed by atoms with Crippen LogP contribution in [0.2, 0.25) is 0 Å². The summed E-state index contributed by atoms with van der Waals surface area (Å²) in [7, 11) is -5.15. The summed E-state index contributed by atoms with van der Waals surface area (Å²) in [5.41, 5.74) is -0.657. The van der Waals surface area contributed by atoms with Crippen LogP contribution >= 0.6 is 0 Å². The first-order valence-electron chi connectivity index (χ1n) is 4.51. The minimum Gasteiger partial charge on any atom is -0.376 e. The van der Waals surface area contributed by atoms with Gasteiger partial charge in [0.2, 0.25) is 0 Å². The van der Waals surface area contributed by atoms with Gasteiger partial charge in [-0.25, -0.2) is 0 Å². The van der Waals surface area contributed by atoms with E-state index in [1.54, 1.807) is 20.8 Å². The lowest BCUT2D eigenvalue weighted by Crippen LogP contribution is -2.38. The minimum atomic E-state index is -5.15. The summed E-state index contributed by atoms with van der Waals surface area (Å²) in [6, 6.07) is 0. The molecule has 0 fully saturated rings. The fourth-order valence-electron chi connectivity index (χ4n) is 0.954. The van der Waals surface area contributed by atoms with Crippen LogP contribution in [0.4, 0.5) is 13.2 Å². The van der Waals surface area contributed by atoms with Gasteiger partial charge < -0.3 is 4.74 Å². The highest BCUT2D eigenvalue weighted by atomic mass is 32.2. The molecule has 0 aliphatic carbocycles. The number of rotatable bonds is 4. The zero-order valence-corrected chi connectivity index (χ0v) is 10.0. The molecule has 0 heterocycles. The highest BCUT2D eigenvalue weighted by Crippen LogP contribution is 2.28. The van der Waals surface area contributed by atoms with Crippen LogP contribution in [0.25, 0.3) is 0 Å². The molecule has 1 unspecified atom stereocenters. The van der Waals surface area contributed by atoms with E-state index < -0.39 is 40.2 Å². The van der Waals surface area contributed by atoms with Crippen molar-refractivity contribution in [1.82, 2.24) is 0 Å². The van der Waals surface area contributed by atoms with Crippen molar-refractivity contribution in [3.05, 3.63) is 0 Å². The van der Waals surface area contributed by atoms with Crippen molar-refractivity contribution >= 4 is 10.1 Å². The summed E-state index contributed by atoms with van der Waals surface area (Å²) in [5, 5.41) is -2.79. The SMILES string of the molecule is CC(C)(C)OCCC(C(F)(F)F)S(=O)(=O)O. The zero-order chi connectivity index (χ0) is 13.2. The molecule has 0 aliphatic rings. The van der Waals surface area contributed by atoms with Gasteiger partial charge >= 0.3 is 6.18 Å². The van der Waals surface area contributed by atoms with Crippen LogP contribution in [0.5, 0.6) is 0 Å². The van der Waals surface area contributed by atoms with Crippen LogP contribution in [0, 0.1) is 0 Å². The van der Waals surface area contributed by atoms with Crippen molar-refractivity contribution in [2.24, 2.45) is 0 Å². The summed E-state index contributed by atoms with van der Waals surface area (Å²) in [6.07, 6.45) is -5.81. The second-order valence-corrected chi connectivity index (χ2v) is 5.89. The van der Waals surface area contributed by atoms with Gasteiger partial charge in [-0.15, -0.1) is 0 Å². The molecular weight excluding hydrogens is 249 g/mol. The Balaban J connectivity index is 4.50. The van der Waals surface area contributed by atoms with Crippen LogP contribution in [0.3, 0.4) is 0 Å². The third kappa shape index (κ3) is 6.29. The molecule has 0 spiro atoms. The summed E-state index contributed by atoms with van der Waals surface area (Å²) in [6.45, 7) is 4.49. The molecule has 1 atom stereocenters. The molecule has 8 heteroatoms. The van der Waals surface area contributed by atoms with Gasteiger partial charge in [-0.2, -0.15) is 21.6 Å². The zero-order valence-electron chi connectivity index (χ0n) is 9.21. The lowest BCUT2D eigenvalue weighted by atomic mass is 10.2. The van der Waals surface area contributed by atoms with Crippen LogP contribution in [0.15, 0.2) is 0 Å². The van der Waals surface area contributed by atoms with Gasteiger partial charge in [0.25, 0.3) is 10.1 Å². The predicted octanol–water partition coefficient (Wildman–Crippen LogP) is 2.01. The normalized spacial score (nSPS) is 16.2. The highest BCUT2D eigenvalue weighted by Gasteiger charge is 2.47. The van der Waals surface area contributed by atoms with E-state index in [0.717, 1.165) is 0 Å². The third-order valence-electron chi connectivity index (χ3n) is 1.64. The number of ether oxygens (including phenoxy) is 1. The number of hydrogen-bond acceptors (Lipinski definition) is 3. The van der Waals surface area contributed by atoms with Gasteiger partial charge in [0.05, 0.1) is 5.60 Å². The van der Waals surface area contributed by atoms with Crippen LogP contribution in [-0.2, 0) is 14.9 Å². The Hall–Kier alpha value is -0.340. The molecule has 0 aliphatic heterocycles. The van der Waals surface area contributed by atoms with Crippen molar-refractivity contribution in [3.8, 4) is 0 Å². The highest BCUT2D eigenvalue weighted by molar-refractivity contribution is 7.86. The monoisotopic (exact) mass is 264 g/mol. The van der Waals surface area contributed by atoms with E-state index in [4.69, 9.17) is 9.29 Å². The molecule has 4 nitrogen and oxygen atoms in total. The van der Waals surface area contributed by atoms with Crippen molar-refractivity contribution in [1.29, 1.82) is 0 Å². The smallest absolute Gasteiger partial charge is 0.376 e. The minimum absolute atomic E-state index is 0.395. The second-order valence-electron chi connectivity index (χ2n) is 4.29. The molecule has 0 radical (unpaired) electrons. The summed E-state index contributed by atoms with van der Waals surface area (Å²) < 4.78 is 71.2. The molecule has 0 saturated carbocycles. The molecule has 98 valence electrons. The van der Waals surface area contributed by atoms with Crippen LogP contribution in [-0.4, -0.2) is 36.6 Å². The van der Waals surface area contributed by atoms with Gasteiger partial charge in [-0.3, -0.25) is 4.55 Å². The van der Waals surface area contributed by atoms with Gasteiger partial charge in [-0.1, -0.05) is 0 Å². The summed E-state index contributed by atoms with van der Waals surface area (Å²) in [4.78, 5) is 0. The average Bonchev–Trinajstić information content (AvgIpc) is 1.90. The largest absolute Gasteiger partial charge is 0.407 e.